The summed E-state index contributed by atoms with van der Waals surface area (Å²) in [4.78, 5) is 25.0. The average molecular weight is 496 g/mol. The predicted octanol–water partition coefficient (Wildman–Crippen LogP) is 6.93. The normalized spacial score (nSPS) is 11.6. The number of carboxylic acid groups (broad SMARTS) is 1. The van der Waals surface area contributed by atoms with Crippen LogP contribution in [0.25, 0.3) is 33.4 Å². The van der Waals surface area contributed by atoms with Crippen LogP contribution in [-0.4, -0.2) is 35.0 Å². The minimum atomic E-state index is -1.02. The van der Waals surface area contributed by atoms with Gasteiger partial charge in [-0.15, -0.1) is 0 Å². The maximum Gasteiger partial charge on any atom is 0.326 e. The molecule has 0 bridgehead atoms. The highest BCUT2D eigenvalue weighted by atomic mass is 32.2. The zero-order chi connectivity index (χ0) is 25.5. The van der Waals surface area contributed by atoms with Crippen molar-refractivity contribution in [3.05, 3.63) is 108 Å². The molecule has 36 heavy (non-hydrogen) atoms. The maximum absolute atomic E-state index is 13.3. The molecule has 0 saturated heterocycles. The van der Waals surface area contributed by atoms with Gasteiger partial charge in [0.25, 0.3) is 5.91 Å². The molecule has 0 aromatic heterocycles. The van der Waals surface area contributed by atoms with Gasteiger partial charge < -0.3 is 10.4 Å². The summed E-state index contributed by atoms with van der Waals surface area (Å²) < 4.78 is 0. The molecule has 4 aromatic rings. The molecule has 5 heteroatoms. The van der Waals surface area contributed by atoms with E-state index in [1.54, 1.807) is 17.8 Å². The molecule has 0 saturated carbocycles. The maximum atomic E-state index is 13.3. The number of aryl methyl sites for hydroxylation is 1. The van der Waals surface area contributed by atoms with E-state index in [0.717, 1.165) is 38.9 Å². The number of hydrogen-bond acceptors (Lipinski definition) is 3. The standard InChI is InChI=1S/C31H29NO3S/c1-21-8-6-7-11-26(21)28-20-25(24-14-12-23(13-15-24)22-9-4-3-5-10-22)16-17-27(28)30(33)32-29(31(34)35)18-19-36-2/h3-17,20,29H,18-19H2,1-2H3,(H,32,33)(H,34,35). The molecule has 0 aliphatic rings. The first-order valence-corrected chi connectivity index (χ1v) is 13.3. The number of carbonyl (C=O) groups is 2. The summed E-state index contributed by atoms with van der Waals surface area (Å²) in [5, 5.41) is 12.3. The second kappa shape index (κ2) is 11.7. The van der Waals surface area contributed by atoms with Crippen LogP contribution < -0.4 is 5.32 Å². The fourth-order valence-electron chi connectivity index (χ4n) is 4.23. The van der Waals surface area contributed by atoms with E-state index < -0.39 is 12.0 Å². The molecular weight excluding hydrogens is 466 g/mol. The van der Waals surface area contributed by atoms with E-state index in [9.17, 15) is 14.7 Å². The Labute approximate surface area is 216 Å². The number of rotatable bonds is 9. The summed E-state index contributed by atoms with van der Waals surface area (Å²) in [6, 6.07) is 31.3. The summed E-state index contributed by atoms with van der Waals surface area (Å²) in [5.74, 6) is -0.752. The fourth-order valence-corrected chi connectivity index (χ4v) is 4.71. The molecule has 1 unspecified atom stereocenters. The first-order valence-electron chi connectivity index (χ1n) is 11.9. The van der Waals surface area contributed by atoms with Gasteiger partial charge in [-0.05, 0) is 76.4 Å². The Kier molecular flexibility index (Phi) is 8.24. The van der Waals surface area contributed by atoms with Crippen LogP contribution in [0.5, 0.6) is 0 Å². The molecule has 4 aromatic carbocycles. The highest BCUT2D eigenvalue weighted by Crippen LogP contribution is 2.33. The number of carbonyl (C=O) groups excluding carboxylic acids is 1. The lowest BCUT2D eigenvalue weighted by atomic mass is 9.91. The molecule has 0 fully saturated rings. The van der Waals surface area contributed by atoms with Crippen molar-refractivity contribution in [1.82, 2.24) is 5.32 Å². The Morgan fingerprint density at radius 2 is 1.36 bits per heavy atom. The van der Waals surface area contributed by atoms with Gasteiger partial charge >= 0.3 is 5.97 Å². The van der Waals surface area contributed by atoms with Gasteiger partial charge in [-0.2, -0.15) is 11.8 Å². The molecule has 0 heterocycles. The highest BCUT2D eigenvalue weighted by Gasteiger charge is 2.23. The average Bonchev–Trinajstić information content (AvgIpc) is 2.91. The summed E-state index contributed by atoms with van der Waals surface area (Å²) in [6.45, 7) is 2.01. The molecule has 0 spiro atoms. The Hall–Kier alpha value is -3.83. The Balaban J connectivity index is 1.71. The van der Waals surface area contributed by atoms with Crippen LogP contribution in [0, 0.1) is 6.92 Å². The summed E-state index contributed by atoms with van der Waals surface area (Å²) in [5.41, 5.74) is 7.56. The topological polar surface area (TPSA) is 66.4 Å². The van der Waals surface area contributed by atoms with Crippen molar-refractivity contribution in [2.24, 2.45) is 0 Å². The molecule has 4 rings (SSSR count). The third-order valence-corrected chi connectivity index (χ3v) is 6.88. The quantitative estimate of drug-likeness (QED) is 0.264. The van der Waals surface area contributed by atoms with Crippen molar-refractivity contribution in [1.29, 1.82) is 0 Å². The van der Waals surface area contributed by atoms with Gasteiger partial charge in [0.15, 0.2) is 0 Å². The zero-order valence-electron chi connectivity index (χ0n) is 20.4. The van der Waals surface area contributed by atoms with E-state index >= 15 is 0 Å². The lowest BCUT2D eigenvalue weighted by Gasteiger charge is -2.18. The van der Waals surface area contributed by atoms with E-state index in [1.807, 2.05) is 67.8 Å². The molecule has 1 amide bonds. The van der Waals surface area contributed by atoms with E-state index in [1.165, 1.54) is 0 Å². The first kappa shape index (κ1) is 25.3. The van der Waals surface area contributed by atoms with Crippen LogP contribution in [0.3, 0.4) is 0 Å². The molecule has 0 aliphatic carbocycles. The van der Waals surface area contributed by atoms with Crippen LogP contribution >= 0.6 is 11.8 Å². The number of thioether (sulfide) groups is 1. The van der Waals surface area contributed by atoms with Gasteiger partial charge in [-0.1, -0.05) is 84.9 Å². The third-order valence-electron chi connectivity index (χ3n) is 6.24. The van der Waals surface area contributed by atoms with Gasteiger partial charge in [-0.25, -0.2) is 4.79 Å². The number of hydrogen-bond donors (Lipinski definition) is 2. The smallest absolute Gasteiger partial charge is 0.326 e. The molecule has 1 atom stereocenters. The highest BCUT2D eigenvalue weighted by molar-refractivity contribution is 7.98. The van der Waals surface area contributed by atoms with Crippen LogP contribution in [-0.2, 0) is 4.79 Å². The molecule has 0 radical (unpaired) electrons. The third kappa shape index (κ3) is 5.86. The van der Waals surface area contributed by atoms with Crippen molar-refractivity contribution < 1.29 is 14.7 Å². The van der Waals surface area contributed by atoms with Crippen LogP contribution in [0.15, 0.2) is 97.1 Å². The molecule has 182 valence electrons. The summed E-state index contributed by atoms with van der Waals surface area (Å²) in [7, 11) is 0. The molecule has 2 N–H and O–H groups in total. The first-order chi connectivity index (χ1) is 17.5. The zero-order valence-corrected chi connectivity index (χ0v) is 21.2. The SMILES string of the molecule is CSCCC(NC(=O)c1ccc(-c2ccc(-c3ccccc3)cc2)cc1-c1ccccc1C)C(=O)O. The van der Waals surface area contributed by atoms with E-state index in [2.05, 4.69) is 41.7 Å². The second-order valence-corrected chi connectivity index (χ2v) is 9.65. The summed E-state index contributed by atoms with van der Waals surface area (Å²) >= 11 is 1.56. The minimum Gasteiger partial charge on any atom is -0.480 e. The van der Waals surface area contributed by atoms with Crippen molar-refractivity contribution in [2.45, 2.75) is 19.4 Å². The van der Waals surface area contributed by atoms with Crippen molar-refractivity contribution in [3.8, 4) is 33.4 Å². The predicted molar refractivity (Wildman–Crippen MR) is 149 cm³/mol. The van der Waals surface area contributed by atoms with Crippen LogP contribution in [0.4, 0.5) is 0 Å². The van der Waals surface area contributed by atoms with Gasteiger partial charge in [0, 0.05) is 5.56 Å². The molecule has 4 nitrogen and oxygen atoms in total. The number of carboxylic acids is 1. The molecule has 0 aliphatic heterocycles. The monoisotopic (exact) mass is 495 g/mol. The van der Waals surface area contributed by atoms with Gasteiger partial charge in [-0.3, -0.25) is 4.79 Å². The lowest BCUT2D eigenvalue weighted by molar-refractivity contribution is -0.139. The van der Waals surface area contributed by atoms with Crippen molar-refractivity contribution >= 4 is 23.6 Å². The number of benzene rings is 4. The van der Waals surface area contributed by atoms with E-state index in [0.29, 0.717) is 17.7 Å². The van der Waals surface area contributed by atoms with Crippen LogP contribution in [0.2, 0.25) is 0 Å². The number of amides is 1. The Bertz CT molecular complexity index is 1350. The van der Waals surface area contributed by atoms with Gasteiger partial charge in [0.1, 0.15) is 6.04 Å². The minimum absolute atomic E-state index is 0.369. The second-order valence-electron chi connectivity index (χ2n) is 8.66. The number of aliphatic carboxylic acids is 1. The Morgan fingerprint density at radius 3 is 2.00 bits per heavy atom. The fraction of sp³-hybridized carbons (Fsp3) is 0.161. The van der Waals surface area contributed by atoms with Crippen molar-refractivity contribution in [2.75, 3.05) is 12.0 Å². The van der Waals surface area contributed by atoms with Crippen molar-refractivity contribution in [3.63, 3.8) is 0 Å². The van der Waals surface area contributed by atoms with Crippen LogP contribution in [0.1, 0.15) is 22.3 Å². The lowest BCUT2D eigenvalue weighted by Crippen LogP contribution is -2.41. The largest absolute Gasteiger partial charge is 0.480 e. The van der Waals surface area contributed by atoms with Gasteiger partial charge in [0.05, 0.1) is 0 Å². The van der Waals surface area contributed by atoms with E-state index in [4.69, 9.17) is 0 Å². The number of nitrogens with one attached hydrogen (secondary N) is 1. The Morgan fingerprint density at radius 1 is 0.778 bits per heavy atom. The molecular formula is C31H29NO3S. The summed E-state index contributed by atoms with van der Waals surface area (Å²) in [6.07, 6.45) is 2.29. The van der Waals surface area contributed by atoms with E-state index in [-0.39, 0.29) is 5.91 Å². The van der Waals surface area contributed by atoms with Gasteiger partial charge in [0.2, 0.25) is 0 Å².